The Morgan fingerprint density at radius 2 is 1.74 bits per heavy atom. The highest BCUT2D eigenvalue weighted by molar-refractivity contribution is 7.09. The van der Waals surface area contributed by atoms with E-state index in [1.807, 2.05) is 0 Å². The van der Waals surface area contributed by atoms with Crippen LogP contribution in [0, 0.1) is 0 Å². The SMILES string of the molecule is CCc1nc(CNc2c(CC)cccc2CC)cs1. The number of rotatable bonds is 6. The summed E-state index contributed by atoms with van der Waals surface area (Å²) in [5.74, 6) is 0. The number of hydrogen-bond donors (Lipinski definition) is 1. The van der Waals surface area contributed by atoms with Gasteiger partial charge >= 0.3 is 0 Å². The van der Waals surface area contributed by atoms with E-state index in [0.717, 1.165) is 31.5 Å². The molecular formula is C16H22N2S. The third-order valence-electron chi connectivity index (χ3n) is 3.35. The lowest BCUT2D eigenvalue weighted by Gasteiger charge is -2.14. The van der Waals surface area contributed by atoms with Crippen LogP contribution in [0.4, 0.5) is 5.69 Å². The minimum atomic E-state index is 0.820. The molecule has 0 aliphatic rings. The van der Waals surface area contributed by atoms with Gasteiger partial charge in [-0.05, 0) is 30.4 Å². The van der Waals surface area contributed by atoms with Crippen molar-refractivity contribution < 1.29 is 0 Å². The van der Waals surface area contributed by atoms with Gasteiger partial charge in [-0.3, -0.25) is 0 Å². The third kappa shape index (κ3) is 3.35. The highest BCUT2D eigenvalue weighted by Gasteiger charge is 2.07. The van der Waals surface area contributed by atoms with Crippen molar-refractivity contribution in [3.8, 4) is 0 Å². The number of hydrogen-bond acceptors (Lipinski definition) is 3. The van der Waals surface area contributed by atoms with Gasteiger partial charge in [0.15, 0.2) is 0 Å². The van der Waals surface area contributed by atoms with Gasteiger partial charge in [0.05, 0.1) is 17.2 Å². The van der Waals surface area contributed by atoms with Crippen LogP contribution in [0.2, 0.25) is 0 Å². The normalized spacial score (nSPS) is 10.7. The Labute approximate surface area is 119 Å². The first-order chi connectivity index (χ1) is 9.28. The maximum absolute atomic E-state index is 4.61. The molecule has 1 N–H and O–H groups in total. The molecular weight excluding hydrogens is 252 g/mol. The van der Waals surface area contributed by atoms with Gasteiger partial charge in [0.1, 0.15) is 0 Å². The van der Waals surface area contributed by atoms with Crippen LogP contribution < -0.4 is 5.32 Å². The summed E-state index contributed by atoms with van der Waals surface area (Å²) in [4.78, 5) is 4.61. The number of aromatic nitrogens is 1. The number of nitrogens with zero attached hydrogens (tertiary/aromatic N) is 1. The molecule has 0 saturated heterocycles. The number of anilines is 1. The van der Waals surface area contributed by atoms with Crippen LogP contribution in [-0.4, -0.2) is 4.98 Å². The van der Waals surface area contributed by atoms with Crippen molar-refractivity contribution in [3.05, 3.63) is 45.4 Å². The predicted molar refractivity (Wildman–Crippen MR) is 84.0 cm³/mol. The van der Waals surface area contributed by atoms with Crippen molar-refractivity contribution in [2.45, 2.75) is 46.6 Å². The van der Waals surface area contributed by atoms with E-state index in [1.54, 1.807) is 11.3 Å². The smallest absolute Gasteiger partial charge is 0.0926 e. The van der Waals surface area contributed by atoms with Crippen molar-refractivity contribution >= 4 is 17.0 Å². The van der Waals surface area contributed by atoms with Gasteiger partial charge in [-0.25, -0.2) is 4.98 Å². The summed E-state index contributed by atoms with van der Waals surface area (Å²) in [5, 5.41) is 6.96. The van der Waals surface area contributed by atoms with E-state index >= 15 is 0 Å². The van der Waals surface area contributed by atoms with Gasteiger partial charge in [-0.15, -0.1) is 11.3 Å². The molecule has 0 aliphatic heterocycles. The molecule has 0 fully saturated rings. The van der Waals surface area contributed by atoms with Crippen molar-refractivity contribution in [1.29, 1.82) is 0 Å². The largest absolute Gasteiger partial charge is 0.379 e. The Kier molecular flexibility index (Phi) is 4.97. The molecule has 0 bridgehead atoms. The first-order valence-electron chi connectivity index (χ1n) is 7.06. The summed E-state index contributed by atoms with van der Waals surface area (Å²) in [5.41, 5.74) is 5.24. The van der Waals surface area contributed by atoms with Gasteiger partial charge in [0.25, 0.3) is 0 Å². The van der Waals surface area contributed by atoms with Crippen LogP contribution >= 0.6 is 11.3 Å². The minimum absolute atomic E-state index is 0.820. The molecule has 1 aromatic heterocycles. The lowest BCUT2D eigenvalue weighted by molar-refractivity contribution is 0.992. The van der Waals surface area contributed by atoms with E-state index in [9.17, 15) is 0 Å². The van der Waals surface area contributed by atoms with E-state index in [0.29, 0.717) is 0 Å². The first kappa shape index (κ1) is 14.1. The van der Waals surface area contributed by atoms with Crippen molar-refractivity contribution in [3.63, 3.8) is 0 Å². The second-order valence-electron chi connectivity index (χ2n) is 4.60. The fraction of sp³-hybridized carbons (Fsp3) is 0.438. The van der Waals surface area contributed by atoms with Crippen LogP contribution in [0.1, 0.15) is 42.6 Å². The summed E-state index contributed by atoms with van der Waals surface area (Å²) < 4.78 is 0. The van der Waals surface area contributed by atoms with Gasteiger partial charge in [0, 0.05) is 11.1 Å². The lowest BCUT2D eigenvalue weighted by atomic mass is 10.0. The van der Waals surface area contributed by atoms with Gasteiger partial charge in [0.2, 0.25) is 0 Å². The number of thiazole rings is 1. The Balaban J connectivity index is 2.13. The number of nitrogens with one attached hydrogen (secondary N) is 1. The zero-order valence-corrected chi connectivity index (χ0v) is 12.8. The van der Waals surface area contributed by atoms with E-state index in [4.69, 9.17) is 0 Å². The fourth-order valence-corrected chi connectivity index (χ4v) is 2.99. The molecule has 1 aromatic carbocycles. The number of aryl methyl sites for hydroxylation is 3. The predicted octanol–water partition coefficient (Wildman–Crippen LogP) is 4.44. The summed E-state index contributed by atoms with van der Waals surface area (Å²) >= 11 is 1.75. The molecule has 0 atom stereocenters. The monoisotopic (exact) mass is 274 g/mol. The number of benzene rings is 1. The lowest BCUT2D eigenvalue weighted by Crippen LogP contribution is -2.05. The molecule has 3 heteroatoms. The average molecular weight is 274 g/mol. The van der Waals surface area contributed by atoms with Crippen LogP contribution in [0.15, 0.2) is 23.6 Å². The topological polar surface area (TPSA) is 24.9 Å². The molecule has 2 aromatic rings. The van der Waals surface area contributed by atoms with E-state index in [-0.39, 0.29) is 0 Å². The second-order valence-corrected chi connectivity index (χ2v) is 5.54. The average Bonchev–Trinajstić information content (AvgIpc) is 2.92. The van der Waals surface area contributed by atoms with E-state index in [2.05, 4.69) is 54.7 Å². The molecule has 0 aliphatic carbocycles. The summed E-state index contributed by atoms with van der Waals surface area (Å²) in [7, 11) is 0. The minimum Gasteiger partial charge on any atom is -0.379 e. The van der Waals surface area contributed by atoms with Crippen LogP contribution in [0.3, 0.4) is 0 Å². The standard InChI is InChI=1S/C16H22N2S/c1-4-12-8-7-9-13(5-2)16(12)17-10-14-11-19-15(6-3)18-14/h7-9,11,17H,4-6,10H2,1-3H3. The van der Waals surface area contributed by atoms with Crippen LogP contribution in [0.5, 0.6) is 0 Å². The van der Waals surface area contributed by atoms with E-state index < -0.39 is 0 Å². The van der Waals surface area contributed by atoms with E-state index in [1.165, 1.54) is 21.8 Å². The third-order valence-corrected chi connectivity index (χ3v) is 4.39. The summed E-state index contributed by atoms with van der Waals surface area (Å²) in [6, 6.07) is 6.57. The Morgan fingerprint density at radius 3 is 2.26 bits per heavy atom. The maximum atomic E-state index is 4.61. The Morgan fingerprint density at radius 1 is 1.05 bits per heavy atom. The molecule has 0 spiro atoms. The van der Waals surface area contributed by atoms with Crippen LogP contribution in [0.25, 0.3) is 0 Å². The number of para-hydroxylation sites is 1. The van der Waals surface area contributed by atoms with Gasteiger partial charge < -0.3 is 5.32 Å². The van der Waals surface area contributed by atoms with Crippen LogP contribution in [-0.2, 0) is 25.8 Å². The van der Waals surface area contributed by atoms with Crippen molar-refractivity contribution in [2.24, 2.45) is 0 Å². The van der Waals surface area contributed by atoms with Gasteiger partial charge in [-0.2, -0.15) is 0 Å². The Hall–Kier alpha value is -1.35. The zero-order chi connectivity index (χ0) is 13.7. The highest BCUT2D eigenvalue weighted by Crippen LogP contribution is 2.23. The van der Waals surface area contributed by atoms with Gasteiger partial charge in [-0.1, -0.05) is 39.0 Å². The molecule has 2 nitrogen and oxygen atoms in total. The fourth-order valence-electron chi connectivity index (χ4n) is 2.24. The van der Waals surface area contributed by atoms with Crippen molar-refractivity contribution in [2.75, 3.05) is 5.32 Å². The quantitative estimate of drug-likeness (QED) is 0.842. The molecule has 0 saturated carbocycles. The molecule has 102 valence electrons. The molecule has 0 amide bonds. The summed E-state index contributed by atoms with van der Waals surface area (Å²) in [6.45, 7) is 7.38. The molecule has 0 unspecified atom stereocenters. The molecule has 2 rings (SSSR count). The maximum Gasteiger partial charge on any atom is 0.0926 e. The molecule has 0 radical (unpaired) electrons. The van der Waals surface area contributed by atoms with Crippen molar-refractivity contribution in [1.82, 2.24) is 4.98 Å². The molecule has 1 heterocycles. The first-order valence-corrected chi connectivity index (χ1v) is 7.94. The Bertz CT molecular complexity index is 509. The second kappa shape index (κ2) is 6.71. The summed E-state index contributed by atoms with van der Waals surface area (Å²) in [6.07, 6.45) is 3.15. The highest BCUT2D eigenvalue weighted by atomic mass is 32.1. The zero-order valence-electron chi connectivity index (χ0n) is 12.0. The molecule has 19 heavy (non-hydrogen) atoms.